The molecule has 0 saturated heterocycles. The summed E-state index contributed by atoms with van der Waals surface area (Å²) in [6.45, 7) is 13.8. The maximum Gasteiger partial charge on any atom is 0.328 e. The van der Waals surface area contributed by atoms with Crippen LogP contribution in [0.1, 0.15) is 89.3 Å². The molecule has 38 heavy (non-hydrogen) atoms. The Hall–Kier alpha value is -3.24. The minimum atomic E-state index is -1.23. The zero-order valence-corrected chi connectivity index (χ0v) is 22.8. The summed E-state index contributed by atoms with van der Waals surface area (Å²) in [5.74, 6) is -1.44. The molecule has 4 atom stereocenters. The van der Waals surface area contributed by atoms with Crippen LogP contribution in [0.25, 0.3) is 4.85 Å². The van der Waals surface area contributed by atoms with Crippen LogP contribution in [0.3, 0.4) is 0 Å². The zero-order valence-electron chi connectivity index (χ0n) is 22.8. The van der Waals surface area contributed by atoms with Gasteiger partial charge in [-0.05, 0) is 54.9 Å². The third-order valence-corrected chi connectivity index (χ3v) is 8.11. The zero-order chi connectivity index (χ0) is 27.3. The Kier molecular flexibility index (Phi) is 8.83. The average molecular weight is 517 g/mol. The third-order valence-electron chi connectivity index (χ3n) is 8.11. The Balaban J connectivity index is 1.78. The Labute approximate surface area is 226 Å². The molecule has 2 fully saturated rings. The molecular formula is C31H40N4O3. The molecule has 0 spiro atoms. The van der Waals surface area contributed by atoms with Crippen LogP contribution in [0.5, 0.6) is 0 Å². The topological polar surface area (TPSA) is 86.9 Å². The molecule has 0 aliphatic heterocycles. The number of benzene rings is 1. The molecule has 4 rings (SSSR count). The van der Waals surface area contributed by atoms with E-state index in [0.717, 1.165) is 37.7 Å². The first-order valence-corrected chi connectivity index (χ1v) is 13.9. The van der Waals surface area contributed by atoms with Crippen molar-refractivity contribution in [2.45, 2.75) is 95.9 Å². The van der Waals surface area contributed by atoms with Crippen LogP contribution in [0.4, 0.5) is 5.69 Å². The number of anilines is 1. The molecule has 2 saturated carbocycles. The van der Waals surface area contributed by atoms with Crippen LogP contribution in [0.2, 0.25) is 0 Å². The number of nitrogens with one attached hydrogen (secondary N) is 1. The summed E-state index contributed by atoms with van der Waals surface area (Å²) in [5.41, 5.74) is 2.32. The van der Waals surface area contributed by atoms with Gasteiger partial charge in [-0.15, -0.1) is 0 Å². The van der Waals surface area contributed by atoms with E-state index < -0.39 is 24.1 Å². The van der Waals surface area contributed by atoms with Gasteiger partial charge < -0.3 is 10.4 Å². The molecule has 0 radical (unpaired) electrons. The number of pyridine rings is 1. The maximum absolute atomic E-state index is 14.4. The van der Waals surface area contributed by atoms with Gasteiger partial charge in [0, 0.05) is 29.7 Å². The van der Waals surface area contributed by atoms with Gasteiger partial charge in [-0.25, -0.2) is 6.57 Å². The summed E-state index contributed by atoms with van der Waals surface area (Å²) < 4.78 is 0. The van der Waals surface area contributed by atoms with Gasteiger partial charge >= 0.3 is 6.23 Å². The van der Waals surface area contributed by atoms with Gasteiger partial charge in [0.25, 0.3) is 0 Å². The molecule has 7 nitrogen and oxygen atoms in total. The van der Waals surface area contributed by atoms with Crippen molar-refractivity contribution < 1.29 is 14.7 Å². The SMILES string of the molecule is [C-]#[N+]C(O)C1CCC[C@@H]1C(=O)N(c1ccc(C(C)(C)C)cc1)C(C(=O)NC1CCCCC1)c1cccnc1. The predicted octanol–water partition coefficient (Wildman–Crippen LogP) is 5.56. The van der Waals surface area contributed by atoms with Crippen LogP contribution >= 0.6 is 0 Å². The molecule has 202 valence electrons. The average Bonchev–Trinajstić information content (AvgIpc) is 3.41. The van der Waals surface area contributed by atoms with Gasteiger partial charge in [0.2, 0.25) is 11.8 Å². The fourth-order valence-corrected chi connectivity index (χ4v) is 5.93. The van der Waals surface area contributed by atoms with Crippen molar-refractivity contribution in [1.29, 1.82) is 0 Å². The monoisotopic (exact) mass is 516 g/mol. The normalized spacial score (nSPS) is 21.8. The van der Waals surface area contributed by atoms with Gasteiger partial charge in [0.15, 0.2) is 0 Å². The standard InChI is InChI=1S/C31H40N4O3/c1-31(2,3)22-15-17-24(18-16-22)35(30(38)26-14-8-13-25(26)28(36)32-4)27(21-10-9-19-33-20-21)29(37)34-23-11-6-5-7-12-23/h9-10,15-20,23,25-28,36H,5-8,11-14H2,1-3H3,(H,34,37)/t25?,26-,27?,28?/m0/s1. The number of rotatable bonds is 7. The van der Waals surface area contributed by atoms with E-state index in [0.29, 0.717) is 24.1 Å². The highest BCUT2D eigenvalue weighted by atomic mass is 16.3. The number of aliphatic hydroxyl groups is 1. The van der Waals surface area contributed by atoms with Gasteiger partial charge in [0.1, 0.15) is 6.04 Å². The number of aliphatic hydroxyl groups excluding tert-OH is 1. The first kappa shape index (κ1) is 27.8. The molecule has 2 aliphatic carbocycles. The van der Waals surface area contributed by atoms with Crippen LogP contribution in [-0.2, 0) is 15.0 Å². The Bertz CT molecular complexity index is 1130. The first-order chi connectivity index (χ1) is 18.2. The van der Waals surface area contributed by atoms with Crippen LogP contribution in [-0.4, -0.2) is 34.2 Å². The molecule has 0 bridgehead atoms. The number of carbonyl (C=O) groups excluding carboxylic acids is 2. The van der Waals surface area contributed by atoms with E-state index in [9.17, 15) is 14.7 Å². The number of hydrogen-bond donors (Lipinski definition) is 2. The third kappa shape index (κ3) is 6.24. The van der Waals surface area contributed by atoms with E-state index in [1.54, 1.807) is 23.4 Å². The summed E-state index contributed by atoms with van der Waals surface area (Å²) in [6.07, 6.45) is 9.23. The summed E-state index contributed by atoms with van der Waals surface area (Å²) >= 11 is 0. The van der Waals surface area contributed by atoms with Gasteiger partial charge in [-0.1, -0.05) is 64.7 Å². The molecule has 1 aromatic carbocycles. The fourth-order valence-electron chi connectivity index (χ4n) is 5.93. The van der Waals surface area contributed by atoms with Crippen LogP contribution in [0.15, 0.2) is 48.8 Å². The van der Waals surface area contributed by atoms with E-state index in [1.165, 1.54) is 6.42 Å². The summed E-state index contributed by atoms with van der Waals surface area (Å²) in [5, 5.41) is 13.7. The van der Waals surface area contributed by atoms with Crippen molar-refractivity contribution >= 4 is 17.5 Å². The second-order valence-electron chi connectivity index (χ2n) is 11.8. The molecule has 1 aromatic heterocycles. The lowest BCUT2D eigenvalue weighted by Crippen LogP contribution is -2.49. The van der Waals surface area contributed by atoms with Crippen LogP contribution in [0, 0.1) is 18.4 Å². The van der Waals surface area contributed by atoms with Gasteiger partial charge in [-0.3, -0.25) is 24.3 Å². The second-order valence-corrected chi connectivity index (χ2v) is 11.8. The van der Waals surface area contributed by atoms with Crippen molar-refractivity contribution in [3.05, 3.63) is 71.3 Å². The number of aromatic nitrogens is 1. The van der Waals surface area contributed by atoms with E-state index >= 15 is 0 Å². The predicted molar refractivity (Wildman–Crippen MR) is 148 cm³/mol. The molecule has 3 unspecified atom stereocenters. The van der Waals surface area contributed by atoms with Crippen molar-refractivity contribution in [3.8, 4) is 0 Å². The van der Waals surface area contributed by atoms with Crippen molar-refractivity contribution in [3.63, 3.8) is 0 Å². The Morgan fingerprint density at radius 3 is 2.37 bits per heavy atom. The lowest BCUT2D eigenvalue weighted by molar-refractivity contribution is -0.130. The molecular weight excluding hydrogens is 476 g/mol. The number of amides is 2. The molecule has 7 heteroatoms. The highest BCUT2D eigenvalue weighted by molar-refractivity contribution is 6.02. The number of nitrogens with zero attached hydrogens (tertiary/aromatic N) is 3. The maximum atomic E-state index is 14.4. The smallest absolute Gasteiger partial charge is 0.328 e. The summed E-state index contributed by atoms with van der Waals surface area (Å²) in [6, 6.07) is 10.6. The molecule has 1 heterocycles. The molecule has 2 N–H and O–H groups in total. The highest BCUT2D eigenvalue weighted by Gasteiger charge is 2.45. The van der Waals surface area contributed by atoms with E-state index in [1.807, 2.05) is 30.3 Å². The largest absolute Gasteiger partial charge is 0.351 e. The minimum Gasteiger partial charge on any atom is -0.351 e. The Morgan fingerprint density at radius 2 is 1.76 bits per heavy atom. The van der Waals surface area contributed by atoms with Gasteiger partial charge in [-0.2, -0.15) is 0 Å². The van der Waals surface area contributed by atoms with Crippen molar-refractivity contribution in [2.75, 3.05) is 4.90 Å². The summed E-state index contributed by atoms with van der Waals surface area (Å²) in [7, 11) is 0. The van der Waals surface area contributed by atoms with E-state index in [2.05, 4.69) is 35.9 Å². The van der Waals surface area contributed by atoms with Crippen molar-refractivity contribution in [2.24, 2.45) is 11.8 Å². The number of carbonyl (C=O) groups is 2. The second kappa shape index (κ2) is 12.1. The van der Waals surface area contributed by atoms with E-state index in [4.69, 9.17) is 6.57 Å². The fraction of sp³-hybridized carbons (Fsp3) is 0.548. The minimum absolute atomic E-state index is 0.0647. The molecule has 2 aliphatic rings. The first-order valence-electron chi connectivity index (χ1n) is 13.9. The Morgan fingerprint density at radius 1 is 1.05 bits per heavy atom. The molecule has 2 amide bonds. The summed E-state index contributed by atoms with van der Waals surface area (Å²) in [4.78, 5) is 37.6. The number of hydrogen-bond acceptors (Lipinski definition) is 4. The van der Waals surface area contributed by atoms with Crippen molar-refractivity contribution in [1.82, 2.24) is 10.3 Å². The quantitative estimate of drug-likeness (QED) is 0.472. The lowest BCUT2D eigenvalue weighted by Gasteiger charge is -2.36. The molecule has 2 aromatic rings. The lowest BCUT2D eigenvalue weighted by atomic mass is 9.86. The highest BCUT2D eigenvalue weighted by Crippen LogP contribution is 2.40. The van der Waals surface area contributed by atoms with Crippen LogP contribution < -0.4 is 10.2 Å². The van der Waals surface area contributed by atoms with Gasteiger partial charge in [0.05, 0.1) is 11.8 Å². The van der Waals surface area contributed by atoms with E-state index in [-0.39, 0.29) is 23.3 Å².